The first kappa shape index (κ1) is 23.4. The number of aliphatic hydroxyl groups is 1. The summed E-state index contributed by atoms with van der Waals surface area (Å²) in [4.78, 5) is 0.146. The smallest absolute Gasteiger partial charge is 0.392 e. The molecule has 0 bridgehead atoms. The summed E-state index contributed by atoms with van der Waals surface area (Å²) in [5, 5.41) is 12.6. The zero-order valence-corrected chi connectivity index (χ0v) is 15.8. The van der Waals surface area contributed by atoms with E-state index in [9.17, 15) is 13.5 Å². The molecule has 0 heterocycles. The predicted octanol–water partition coefficient (Wildman–Crippen LogP) is -0.577. The molecule has 130 valence electrons. The number of aliphatic hydroxyl groups excluding tert-OH is 1. The Morgan fingerprint density at radius 2 is 1.79 bits per heavy atom. The first-order chi connectivity index (χ1) is 10.8. The molecule has 0 amide bonds. The van der Waals surface area contributed by atoms with Crippen molar-refractivity contribution in [2.24, 2.45) is 11.8 Å². The largest absolute Gasteiger partial charge is 1.00 e. The van der Waals surface area contributed by atoms with Gasteiger partial charge in [-0.25, -0.2) is 6.08 Å². The van der Waals surface area contributed by atoms with Gasteiger partial charge >= 0.3 is 18.9 Å². The molecule has 0 radical (unpaired) electrons. The molecule has 0 aliphatic rings. The molecule has 1 aromatic carbocycles. The second-order valence-electron chi connectivity index (χ2n) is 5.73. The van der Waals surface area contributed by atoms with Crippen LogP contribution < -0.4 is 18.9 Å². The number of rotatable bonds is 9. The molecule has 0 aliphatic carbocycles. The summed E-state index contributed by atoms with van der Waals surface area (Å²) >= 11 is 0. The Labute approximate surface area is 157 Å². The topological polar surface area (TPSA) is 72.8 Å². The van der Waals surface area contributed by atoms with Crippen molar-refractivity contribution >= 4 is 9.84 Å². The average molecular weight is 348 g/mol. The SMILES string of the molecule is COCO[C@@H](C(C)C)[C@@H](C)[C@@H](O)C=[C-]S(=O)(=O)c1ccccc1.[Li+]. The van der Waals surface area contributed by atoms with Gasteiger partial charge in [-0.1, -0.05) is 39.0 Å². The van der Waals surface area contributed by atoms with Gasteiger partial charge in [-0.3, -0.25) is 8.42 Å². The zero-order chi connectivity index (χ0) is 17.5. The first-order valence-corrected chi connectivity index (χ1v) is 8.97. The standard InChI is InChI=1S/C17H25O5S.Li/c1-13(2)17(22-12-21-4)14(3)16(18)10-11-23(19,20)15-8-6-5-7-9-15;/h5-10,13-14,16-18H,12H2,1-4H3;/q-1;+1/t14-,16-,17-;/m0./s1. The second kappa shape index (κ2) is 11.1. The van der Waals surface area contributed by atoms with E-state index in [1.165, 1.54) is 25.3 Å². The van der Waals surface area contributed by atoms with Crippen LogP contribution in [0, 0.1) is 17.2 Å². The minimum atomic E-state index is -3.68. The van der Waals surface area contributed by atoms with E-state index in [-0.39, 0.29) is 48.5 Å². The van der Waals surface area contributed by atoms with E-state index in [0.29, 0.717) is 0 Å². The zero-order valence-electron chi connectivity index (χ0n) is 15.0. The fraction of sp³-hybridized carbons (Fsp3) is 0.529. The van der Waals surface area contributed by atoms with Crippen molar-refractivity contribution in [2.45, 2.75) is 37.9 Å². The Morgan fingerprint density at radius 3 is 2.29 bits per heavy atom. The summed E-state index contributed by atoms with van der Waals surface area (Å²) in [6.07, 6.45) is -0.0707. The summed E-state index contributed by atoms with van der Waals surface area (Å²) in [6, 6.07) is 8.00. The van der Waals surface area contributed by atoms with Crippen LogP contribution in [-0.4, -0.2) is 39.6 Å². The Bertz CT molecular complexity index is 586. The third kappa shape index (κ3) is 7.10. The van der Waals surface area contributed by atoms with Crippen LogP contribution in [0.5, 0.6) is 0 Å². The van der Waals surface area contributed by atoms with E-state index < -0.39 is 15.9 Å². The maximum Gasteiger partial charge on any atom is 1.00 e. The molecule has 5 nitrogen and oxygen atoms in total. The second-order valence-corrected chi connectivity index (χ2v) is 7.45. The molecule has 1 N–H and O–H groups in total. The maximum absolute atomic E-state index is 12.1. The van der Waals surface area contributed by atoms with Crippen LogP contribution in [0.1, 0.15) is 20.8 Å². The van der Waals surface area contributed by atoms with Crippen LogP contribution in [0.2, 0.25) is 0 Å². The Hall–Kier alpha value is -0.613. The molecule has 0 unspecified atom stereocenters. The van der Waals surface area contributed by atoms with Crippen LogP contribution in [0.15, 0.2) is 41.3 Å². The van der Waals surface area contributed by atoms with E-state index in [1.807, 2.05) is 13.8 Å². The number of hydrogen-bond donors (Lipinski definition) is 1. The molecule has 0 aromatic heterocycles. The quantitative estimate of drug-likeness (QED) is 0.367. The fourth-order valence-electron chi connectivity index (χ4n) is 2.27. The molecule has 7 heteroatoms. The summed E-state index contributed by atoms with van der Waals surface area (Å²) in [5.74, 6) is -0.155. The third-order valence-electron chi connectivity index (χ3n) is 3.54. The molecule has 24 heavy (non-hydrogen) atoms. The number of hydrogen-bond acceptors (Lipinski definition) is 5. The molecule has 1 rings (SSSR count). The predicted molar refractivity (Wildman–Crippen MR) is 88.2 cm³/mol. The van der Waals surface area contributed by atoms with Gasteiger partial charge in [-0.15, -0.1) is 0 Å². The number of benzene rings is 1. The van der Waals surface area contributed by atoms with Crippen molar-refractivity contribution in [1.29, 1.82) is 0 Å². The number of methoxy groups -OCH3 is 1. The minimum Gasteiger partial charge on any atom is -0.392 e. The average Bonchev–Trinajstić information content (AvgIpc) is 2.53. The molecule has 0 fully saturated rings. The molecule has 0 spiro atoms. The Kier molecular flexibility index (Phi) is 10.8. The number of sulfone groups is 1. The minimum absolute atomic E-state index is 0. The van der Waals surface area contributed by atoms with Crippen LogP contribution in [-0.2, 0) is 19.3 Å². The van der Waals surface area contributed by atoms with Gasteiger partial charge in [0.2, 0.25) is 0 Å². The fourth-order valence-corrected chi connectivity index (χ4v) is 3.24. The Balaban J connectivity index is 0.00000529. The van der Waals surface area contributed by atoms with Crippen molar-refractivity contribution in [1.82, 2.24) is 0 Å². The van der Waals surface area contributed by atoms with E-state index >= 15 is 0 Å². The van der Waals surface area contributed by atoms with Gasteiger partial charge in [0, 0.05) is 33.9 Å². The summed E-state index contributed by atoms with van der Waals surface area (Å²) in [6.45, 7) is 5.86. The summed E-state index contributed by atoms with van der Waals surface area (Å²) in [7, 11) is -2.16. The van der Waals surface area contributed by atoms with Gasteiger partial charge in [0.1, 0.15) is 6.79 Å². The van der Waals surface area contributed by atoms with Gasteiger partial charge in [-0.2, -0.15) is 0 Å². The van der Waals surface area contributed by atoms with Gasteiger partial charge in [-0.05, 0) is 18.1 Å². The van der Waals surface area contributed by atoms with E-state index in [4.69, 9.17) is 9.47 Å². The van der Waals surface area contributed by atoms with Crippen LogP contribution in [0.3, 0.4) is 0 Å². The maximum atomic E-state index is 12.1. The third-order valence-corrected chi connectivity index (χ3v) is 4.88. The van der Waals surface area contributed by atoms with Gasteiger partial charge in [0.15, 0.2) is 0 Å². The molecular weight excluding hydrogens is 323 g/mol. The normalized spacial score (nSPS) is 15.9. The van der Waals surface area contributed by atoms with Crippen molar-refractivity contribution in [3.8, 4) is 0 Å². The van der Waals surface area contributed by atoms with E-state index in [0.717, 1.165) is 0 Å². The van der Waals surface area contributed by atoms with Crippen molar-refractivity contribution in [3.05, 3.63) is 41.8 Å². The van der Waals surface area contributed by atoms with Crippen LogP contribution in [0.4, 0.5) is 0 Å². The molecule has 1 aromatic rings. The van der Waals surface area contributed by atoms with Gasteiger partial charge < -0.3 is 20.0 Å². The van der Waals surface area contributed by atoms with E-state index in [2.05, 4.69) is 5.41 Å². The molecular formula is C17H25LiO5S. The summed E-state index contributed by atoms with van der Waals surface area (Å²) in [5.41, 5.74) is 0. The number of ether oxygens (including phenoxy) is 2. The van der Waals surface area contributed by atoms with Crippen molar-refractivity contribution < 1.29 is 41.9 Å². The molecule has 3 atom stereocenters. The monoisotopic (exact) mass is 348 g/mol. The first-order valence-electron chi connectivity index (χ1n) is 7.49. The molecule has 0 saturated carbocycles. The van der Waals surface area contributed by atoms with Crippen molar-refractivity contribution in [3.63, 3.8) is 0 Å². The molecule has 0 saturated heterocycles. The van der Waals surface area contributed by atoms with Gasteiger partial charge in [0.25, 0.3) is 0 Å². The van der Waals surface area contributed by atoms with Gasteiger partial charge in [0.05, 0.1) is 6.10 Å². The van der Waals surface area contributed by atoms with E-state index in [1.54, 1.807) is 25.1 Å². The van der Waals surface area contributed by atoms with Crippen LogP contribution >= 0.6 is 0 Å². The summed E-state index contributed by atoms with van der Waals surface area (Å²) < 4.78 is 34.7. The van der Waals surface area contributed by atoms with Crippen LogP contribution in [0.25, 0.3) is 0 Å². The Morgan fingerprint density at radius 1 is 1.21 bits per heavy atom. The molecule has 0 aliphatic heterocycles. The van der Waals surface area contributed by atoms with Crippen molar-refractivity contribution in [2.75, 3.05) is 13.9 Å².